The van der Waals surface area contributed by atoms with Crippen LogP contribution in [0, 0.1) is 5.82 Å². The smallest absolute Gasteiger partial charge is 0.456 e. The molecule has 0 amide bonds. The monoisotopic (exact) mass is 416 g/mol. The number of alkyl halides is 3. The molecule has 0 saturated carbocycles. The Bertz CT molecular complexity index is 1210. The highest BCUT2D eigenvalue weighted by Gasteiger charge is 2.48. The lowest BCUT2D eigenvalue weighted by Gasteiger charge is -2.14. The Balaban J connectivity index is 2.11. The van der Waals surface area contributed by atoms with Crippen LogP contribution in [0.3, 0.4) is 0 Å². The predicted octanol–water partition coefficient (Wildman–Crippen LogP) is 4.58. The van der Waals surface area contributed by atoms with Crippen LogP contribution in [0.1, 0.15) is 12.5 Å². The Hall–Kier alpha value is -2.88. The van der Waals surface area contributed by atoms with Gasteiger partial charge in [-0.15, -0.1) is 0 Å². The Labute approximate surface area is 156 Å². The molecule has 3 aromatic rings. The maximum Gasteiger partial charge on any atom is 0.502 e. The third kappa shape index (κ3) is 3.59. The first-order valence-electron chi connectivity index (χ1n) is 7.88. The Morgan fingerprint density at radius 2 is 1.79 bits per heavy atom. The number of hydrogen-bond donors (Lipinski definition) is 0. The van der Waals surface area contributed by atoms with E-state index in [4.69, 9.17) is 9.15 Å². The molecule has 1 aromatic heterocycles. The molecule has 0 aliphatic rings. The highest BCUT2D eigenvalue weighted by Crippen LogP contribution is 2.38. The van der Waals surface area contributed by atoms with Crippen LogP contribution in [0.25, 0.3) is 11.0 Å². The minimum Gasteiger partial charge on any atom is -0.456 e. The van der Waals surface area contributed by atoms with Crippen LogP contribution < -0.4 is 10.4 Å². The van der Waals surface area contributed by atoms with Crippen molar-refractivity contribution in [2.24, 2.45) is 0 Å². The van der Waals surface area contributed by atoms with Crippen molar-refractivity contribution in [2.45, 2.75) is 23.7 Å². The fourth-order valence-electron chi connectivity index (χ4n) is 2.59. The number of fused-ring (bicyclic) bond motifs is 1. The maximum atomic E-state index is 13.4. The third-order valence-electron chi connectivity index (χ3n) is 3.91. The third-order valence-corrected chi connectivity index (χ3v) is 5.42. The lowest BCUT2D eigenvalue weighted by molar-refractivity contribution is -0.0437. The van der Waals surface area contributed by atoms with Crippen molar-refractivity contribution < 1.29 is 35.1 Å². The number of benzene rings is 2. The average molecular weight is 416 g/mol. The second kappa shape index (κ2) is 6.93. The van der Waals surface area contributed by atoms with E-state index in [1.54, 1.807) is 0 Å². The zero-order chi connectivity index (χ0) is 20.7. The van der Waals surface area contributed by atoms with E-state index in [2.05, 4.69) is 0 Å². The van der Waals surface area contributed by atoms with Gasteiger partial charge in [0.15, 0.2) is 0 Å². The van der Waals surface area contributed by atoms with Gasteiger partial charge in [0.1, 0.15) is 27.8 Å². The molecule has 3 rings (SSSR count). The molecule has 1 heterocycles. The summed E-state index contributed by atoms with van der Waals surface area (Å²) in [4.78, 5) is 10.3. The second-order valence-electron chi connectivity index (χ2n) is 5.74. The van der Waals surface area contributed by atoms with Gasteiger partial charge in [0.05, 0.1) is 0 Å². The zero-order valence-corrected chi connectivity index (χ0v) is 15.0. The first kappa shape index (κ1) is 19.9. The SMILES string of the molecule is CCc1cc(=O)oc2cc(Oc3ccc(F)cc3S(=O)(=O)C(F)(F)F)ccc12. The van der Waals surface area contributed by atoms with E-state index in [-0.39, 0.29) is 17.4 Å². The van der Waals surface area contributed by atoms with Gasteiger partial charge in [-0.3, -0.25) is 0 Å². The molecular weight excluding hydrogens is 404 g/mol. The molecule has 28 heavy (non-hydrogen) atoms. The summed E-state index contributed by atoms with van der Waals surface area (Å²) in [5.74, 6) is -1.98. The molecular formula is C18H12F4O5S. The summed E-state index contributed by atoms with van der Waals surface area (Å²) in [5, 5.41) is 0.594. The molecule has 0 aliphatic carbocycles. The molecule has 0 saturated heterocycles. The minimum absolute atomic E-state index is 0.0888. The van der Waals surface area contributed by atoms with Gasteiger partial charge in [0, 0.05) is 17.5 Å². The van der Waals surface area contributed by atoms with E-state index in [1.807, 2.05) is 6.92 Å². The molecule has 0 aliphatic heterocycles. The van der Waals surface area contributed by atoms with Gasteiger partial charge in [-0.2, -0.15) is 13.2 Å². The number of sulfone groups is 1. The van der Waals surface area contributed by atoms with Gasteiger partial charge < -0.3 is 9.15 Å². The Morgan fingerprint density at radius 1 is 1.07 bits per heavy atom. The van der Waals surface area contributed by atoms with Gasteiger partial charge in [-0.25, -0.2) is 17.6 Å². The van der Waals surface area contributed by atoms with Crippen LogP contribution in [0.5, 0.6) is 11.5 Å². The molecule has 148 valence electrons. The standard InChI is InChI=1S/C18H12F4O5S/c1-2-10-7-17(23)27-15-9-12(4-5-13(10)15)26-14-6-3-11(19)8-16(14)28(24,25)18(20,21)22/h3-9H,2H2,1H3. The zero-order valence-electron chi connectivity index (χ0n) is 14.2. The van der Waals surface area contributed by atoms with Crippen molar-refractivity contribution >= 4 is 20.8 Å². The first-order chi connectivity index (χ1) is 13.0. The van der Waals surface area contributed by atoms with Crippen LogP contribution >= 0.6 is 0 Å². The summed E-state index contributed by atoms with van der Waals surface area (Å²) in [6, 6.07) is 7.22. The fraction of sp³-hybridized carbons (Fsp3) is 0.167. The summed E-state index contributed by atoms with van der Waals surface area (Å²) in [7, 11) is -5.85. The Morgan fingerprint density at radius 3 is 2.43 bits per heavy atom. The van der Waals surface area contributed by atoms with E-state index in [0.29, 0.717) is 17.4 Å². The van der Waals surface area contributed by atoms with Crippen molar-refractivity contribution in [1.29, 1.82) is 0 Å². The van der Waals surface area contributed by atoms with Crippen molar-refractivity contribution in [3.05, 3.63) is 64.3 Å². The normalized spacial score (nSPS) is 12.3. The summed E-state index contributed by atoms with van der Waals surface area (Å²) in [6.07, 6.45) is 0.536. The molecule has 0 unspecified atom stereocenters. The molecule has 0 bridgehead atoms. The Kier molecular flexibility index (Phi) is 4.92. The topological polar surface area (TPSA) is 73.6 Å². The summed E-state index contributed by atoms with van der Waals surface area (Å²) in [5.41, 5.74) is -5.45. The minimum atomic E-state index is -5.85. The molecule has 0 N–H and O–H groups in total. The van der Waals surface area contributed by atoms with E-state index in [0.717, 1.165) is 12.1 Å². The highest BCUT2D eigenvalue weighted by molar-refractivity contribution is 7.92. The number of hydrogen-bond acceptors (Lipinski definition) is 5. The molecule has 10 heteroatoms. The van der Waals surface area contributed by atoms with Crippen molar-refractivity contribution in [3.8, 4) is 11.5 Å². The molecule has 0 fully saturated rings. The van der Waals surface area contributed by atoms with Crippen molar-refractivity contribution in [1.82, 2.24) is 0 Å². The van der Waals surface area contributed by atoms with Crippen LogP contribution in [-0.2, 0) is 16.3 Å². The van der Waals surface area contributed by atoms with Gasteiger partial charge in [-0.05, 0) is 42.3 Å². The van der Waals surface area contributed by atoms with E-state index in [1.165, 1.54) is 24.3 Å². The number of rotatable bonds is 4. The van der Waals surface area contributed by atoms with Crippen LogP contribution in [0.4, 0.5) is 17.6 Å². The number of ether oxygens (including phenoxy) is 1. The van der Waals surface area contributed by atoms with Crippen LogP contribution in [-0.4, -0.2) is 13.9 Å². The van der Waals surface area contributed by atoms with Gasteiger partial charge >= 0.3 is 11.1 Å². The summed E-state index contributed by atoms with van der Waals surface area (Å²) >= 11 is 0. The first-order valence-corrected chi connectivity index (χ1v) is 9.37. The van der Waals surface area contributed by atoms with Gasteiger partial charge in [-0.1, -0.05) is 6.92 Å². The second-order valence-corrected chi connectivity index (χ2v) is 7.65. The van der Waals surface area contributed by atoms with Crippen molar-refractivity contribution in [3.63, 3.8) is 0 Å². The van der Waals surface area contributed by atoms with Crippen LogP contribution in [0.15, 0.2) is 56.6 Å². The fourth-order valence-corrected chi connectivity index (χ4v) is 3.49. The van der Waals surface area contributed by atoms with E-state index >= 15 is 0 Å². The summed E-state index contributed by atoms with van der Waals surface area (Å²) < 4.78 is 85.8. The number of halogens is 4. The molecule has 0 atom stereocenters. The van der Waals surface area contributed by atoms with Crippen molar-refractivity contribution in [2.75, 3.05) is 0 Å². The van der Waals surface area contributed by atoms with Gasteiger partial charge in [0.2, 0.25) is 0 Å². The molecule has 0 radical (unpaired) electrons. The van der Waals surface area contributed by atoms with E-state index < -0.39 is 37.4 Å². The average Bonchev–Trinajstić information content (AvgIpc) is 2.61. The lowest BCUT2D eigenvalue weighted by Crippen LogP contribution is -2.23. The van der Waals surface area contributed by atoms with Gasteiger partial charge in [0.25, 0.3) is 9.84 Å². The maximum absolute atomic E-state index is 13.4. The quantitative estimate of drug-likeness (QED) is 0.460. The van der Waals surface area contributed by atoms with Crippen LogP contribution in [0.2, 0.25) is 0 Å². The molecule has 5 nitrogen and oxygen atoms in total. The number of aryl methyl sites for hydroxylation is 1. The molecule has 2 aromatic carbocycles. The molecule has 0 spiro atoms. The lowest BCUT2D eigenvalue weighted by atomic mass is 10.1. The largest absolute Gasteiger partial charge is 0.502 e. The summed E-state index contributed by atoms with van der Waals surface area (Å²) in [6.45, 7) is 1.82. The van der Waals surface area contributed by atoms with E-state index in [9.17, 15) is 30.8 Å². The predicted molar refractivity (Wildman–Crippen MR) is 91.6 cm³/mol. The highest BCUT2D eigenvalue weighted by atomic mass is 32.2.